The number of aryl methyl sites for hydroxylation is 2. The molecule has 1 rings (SSSR count). The number of benzene rings is 1. The first-order valence-electron chi connectivity index (χ1n) is 6.11. The summed E-state index contributed by atoms with van der Waals surface area (Å²) in [5.74, 6) is 0.114. The molecule has 94 valence electrons. The second kappa shape index (κ2) is 7.07. The van der Waals surface area contributed by atoms with E-state index in [1.807, 2.05) is 19.1 Å². The number of likely N-dealkylation sites (N-methyl/N-ethyl adjacent to an activating group) is 1. The number of amides is 1. The van der Waals surface area contributed by atoms with Crippen LogP contribution in [0.4, 0.5) is 0 Å². The molecule has 0 spiro atoms. The summed E-state index contributed by atoms with van der Waals surface area (Å²) in [6, 6.07) is 8.22. The fourth-order valence-corrected chi connectivity index (χ4v) is 1.86. The zero-order valence-electron chi connectivity index (χ0n) is 10.6. The van der Waals surface area contributed by atoms with Gasteiger partial charge >= 0.3 is 0 Å². The van der Waals surface area contributed by atoms with Crippen molar-refractivity contribution in [2.45, 2.75) is 26.7 Å². The van der Waals surface area contributed by atoms with Gasteiger partial charge < -0.3 is 10.0 Å². The van der Waals surface area contributed by atoms with Gasteiger partial charge in [0.25, 0.3) is 0 Å². The molecule has 0 unspecified atom stereocenters. The number of carbonyl (C=O) groups excluding carboxylic acids is 1. The molecule has 0 aliphatic heterocycles. The number of hydrogen-bond donors (Lipinski definition) is 1. The van der Waals surface area contributed by atoms with Crippen molar-refractivity contribution < 1.29 is 9.90 Å². The Morgan fingerprint density at radius 2 is 2.18 bits per heavy atom. The number of aliphatic hydroxyl groups excluding tert-OH is 1. The highest BCUT2D eigenvalue weighted by molar-refractivity contribution is 5.76. The summed E-state index contributed by atoms with van der Waals surface area (Å²) >= 11 is 0. The van der Waals surface area contributed by atoms with Crippen molar-refractivity contribution in [1.29, 1.82) is 0 Å². The Hall–Kier alpha value is -1.35. The number of carbonyl (C=O) groups is 1. The van der Waals surface area contributed by atoms with Crippen molar-refractivity contribution in [3.63, 3.8) is 0 Å². The van der Waals surface area contributed by atoms with Gasteiger partial charge in [0.15, 0.2) is 0 Å². The predicted octanol–water partition coefficient (Wildman–Crippen LogP) is 1.77. The largest absolute Gasteiger partial charge is 0.395 e. The highest BCUT2D eigenvalue weighted by Crippen LogP contribution is 2.07. The monoisotopic (exact) mass is 235 g/mol. The molecule has 0 aromatic heterocycles. The fourth-order valence-electron chi connectivity index (χ4n) is 1.86. The molecule has 0 atom stereocenters. The third kappa shape index (κ3) is 4.57. The number of aliphatic hydroxyl groups is 1. The molecule has 17 heavy (non-hydrogen) atoms. The quantitative estimate of drug-likeness (QED) is 0.816. The van der Waals surface area contributed by atoms with Crippen molar-refractivity contribution in [2.75, 3.05) is 19.7 Å². The lowest BCUT2D eigenvalue weighted by Crippen LogP contribution is -2.33. The van der Waals surface area contributed by atoms with E-state index in [4.69, 9.17) is 5.11 Å². The average Bonchev–Trinajstić information content (AvgIpc) is 2.33. The van der Waals surface area contributed by atoms with E-state index in [-0.39, 0.29) is 12.5 Å². The molecule has 0 radical (unpaired) electrons. The highest BCUT2D eigenvalue weighted by Gasteiger charge is 2.10. The standard InChI is InChI=1S/C14H21NO2/c1-3-15(9-10-16)14(17)8-7-13-6-4-5-12(2)11-13/h4-6,11,16H,3,7-10H2,1-2H3. The van der Waals surface area contributed by atoms with Crippen LogP contribution in [0.25, 0.3) is 0 Å². The SMILES string of the molecule is CCN(CCO)C(=O)CCc1cccc(C)c1. The van der Waals surface area contributed by atoms with E-state index in [0.717, 1.165) is 6.42 Å². The third-order valence-corrected chi connectivity index (χ3v) is 2.81. The molecule has 1 N–H and O–H groups in total. The molecule has 3 nitrogen and oxygen atoms in total. The molecule has 0 saturated carbocycles. The summed E-state index contributed by atoms with van der Waals surface area (Å²) < 4.78 is 0. The van der Waals surface area contributed by atoms with Crippen LogP contribution in [0.15, 0.2) is 24.3 Å². The van der Waals surface area contributed by atoms with Gasteiger partial charge in [-0.25, -0.2) is 0 Å². The van der Waals surface area contributed by atoms with E-state index in [0.29, 0.717) is 19.5 Å². The average molecular weight is 235 g/mol. The summed E-state index contributed by atoms with van der Waals surface area (Å²) in [6.45, 7) is 5.11. The van der Waals surface area contributed by atoms with Gasteiger partial charge in [0, 0.05) is 19.5 Å². The molecule has 0 aliphatic carbocycles. The molecular formula is C14H21NO2. The summed E-state index contributed by atoms with van der Waals surface area (Å²) in [7, 11) is 0. The number of hydrogen-bond acceptors (Lipinski definition) is 2. The van der Waals surface area contributed by atoms with Crippen LogP contribution in [0.2, 0.25) is 0 Å². The van der Waals surface area contributed by atoms with Crippen LogP contribution in [0, 0.1) is 6.92 Å². The predicted molar refractivity (Wildman–Crippen MR) is 68.8 cm³/mol. The van der Waals surface area contributed by atoms with Crippen molar-refractivity contribution in [3.05, 3.63) is 35.4 Å². The molecular weight excluding hydrogens is 214 g/mol. The van der Waals surface area contributed by atoms with Gasteiger partial charge in [-0.1, -0.05) is 29.8 Å². The Kier molecular flexibility index (Phi) is 5.70. The Balaban J connectivity index is 2.47. The van der Waals surface area contributed by atoms with E-state index in [1.54, 1.807) is 4.90 Å². The van der Waals surface area contributed by atoms with Crippen LogP contribution >= 0.6 is 0 Å². The molecule has 1 aromatic rings. The van der Waals surface area contributed by atoms with E-state index in [9.17, 15) is 4.79 Å². The lowest BCUT2D eigenvalue weighted by molar-refractivity contribution is -0.131. The lowest BCUT2D eigenvalue weighted by atomic mass is 10.1. The van der Waals surface area contributed by atoms with Gasteiger partial charge in [0.2, 0.25) is 5.91 Å². The first-order valence-corrected chi connectivity index (χ1v) is 6.11. The molecule has 0 bridgehead atoms. The van der Waals surface area contributed by atoms with Gasteiger partial charge in [-0.15, -0.1) is 0 Å². The molecule has 3 heteroatoms. The third-order valence-electron chi connectivity index (χ3n) is 2.81. The Morgan fingerprint density at radius 1 is 1.41 bits per heavy atom. The smallest absolute Gasteiger partial charge is 0.222 e. The van der Waals surface area contributed by atoms with Crippen LogP contribution in [-0.4, -0.2) is 35.6 Å². The Labute approximate surface area is 103 Å². The van der Waals surface area contributed by atoms with Gasteiger partial charge in [0.1, 0.15) is 0 Å². The van der Waals surface area contributed by atoms with Crippen molar-refractivity contribution in [1.82, 2.24) is 4.90 Å². The first-order chi connectivity index (χ1) is 8.17. The van der Waals surface area contributed by atoms with Gasteiger partial charge in [0.05, 0.1) is 6.61 Å². The molecule has 1 amide bonds. The van der Waals surface area contributed by atoms with E-state index < -0.39 is 0 Å². The Bertz CT molecular complexity index is 363. The lowest BCUT2D eigenvalue weighted by Gasteiger charge is -2.19. The van der Waals surface area contributed by atoms with Gasteiger partial charge in [-0.3, -0.25) is 4.79 Å². The second-order valence-electron chi connectivity index (χ2n) is 4.19. The van der Waals surface area contributed by atoms with Gasteiger partial charge in [-0.2, -0.15) is 0 Å². The summed E-state index contributed by atoms with van der Waals surface area (Å²) in [5, 5.41) is 8.84. The van der Waals surface area contributed by atoms with Crippen LogP contribution in [0.1, 0.15) is 24.5 Å². The fraction of sp³-hybridized carbons (Fsp3) is 0.500. The van der Waals surface area contributed by atoms with Gasteiger partial charge in [-0.05, 0) is 25.8 Å². The van der Waals surface area contributed by atoms with Crippen LogP contribution in [0.3, 0.4) is 0 Å². The van der Waals surface area contributed by atoms with Crippen molar-refractivity contribution in [2.24, 2.45) is 0 Å². The van der Waals surface area contributed by atoms with Crippen LogP contribution in [0.5, 0.6) is 0 Å². The van der Waals surface area contributed by atoms with Crippen molar-refractivity contribution >= 4 is 5.91 Å². The summed E-state index contributed by atoms with van der Waals surface area (Å²) in [6.07, 6.45) is 1.28. The van der Waals surface area contributed by atoms with E-state index in [1.165, 1.54) is 11.1 Å². The maximum absolute atomic E-state index is 11.8. The van der Waals surface area contributed by atoms with Crippen LogP contribution in [-0.2, 0) is 11.2 Å². The number of nitrogens with zero attached hydrogens (tertiary/aromatic N) is 1. The molecule has 1 aromatic carbocycles. The maximum atomic E-state index is 11.8. The van der Waals surface area contributed by atoms with E-state index in [2.05, 4.69) is 19.1 Å². The highest BCUT2D eigenvalue weighted by atomic mass is 16.3. The molecule has 0 fully saturated rings. The summed E-state index contributed by atoms with van der Waals surface area (Å²) in [4.78, 5) is 13.5. The minimum atomic E-state index is 0.0318. The molecule has 0 saturated heterocycles. The minimum absolute atomic E-state index is 0.0318. The zero-order chi connectivity index (χ0) is 12.7. The zero-order valence-corrected chi connectivity index (χ0v) is 10.6. The van der Waals surface area contributed by atoms with Crippen LogP contribution < -0.4 is 0 Å². The minimum Gasteiger partial charge on any atom is -0.395 e. The first kappa shape index (κ1) is 13.7. The summed E-state index contributed by atoms with van der Waals surface area (Å²) in [5.41, 5.74) is 2.41. The Morgan fingerprint density at radius 3 is 2.76 bits per heavy atom. The molecule has 0 heterocycles. The molecule has 0 aliphatic rings. The number of rotatable bonds is 6. The van der Waals surface area contributed by atoms with E-state index >= 15 is 0 Å². The second-order valence-corrected chi connectivity index (χ2v) is 4.19. The topological polar surface area (TPSA) is 40.5 Å². The maximum Gasteiger partial charge on any atom is 0.222 e. The van der Waals surface area contributed by atoms with Crippen molar-refractivity contribution in [3.8, 4) is 0 Å². The normalized spacial score (nSPS) is 10.3.